The molecule has 0 bridgehead atoms. The fourth-order valence-corrected chi connectivity index (χ4v) is 2.23. The van der Waals surface area contributed by atoms with E-state index in [1.165, 1.54) is 4.90 Å². The molecule has 0 aliphatic carbocycles. The van der Waals surface area contributed by atoms with Crippen molar-refractivity contribution < 1.29 is 14.7 Å². The van der Waals surface area contributed by atoms with E-state index in [2.05, 4.69) is 10.4 Å². The van der Waals surface area contributed by atoms with Gasteiger partial charge in [-0.05, 0) is 25.3 Å². The van der Waals surface area contributed by atoms with E-state index in [0.29, 0.717) is 26.1 Å². The maximum atomic E-state index is 11.9. The van der Waals surface area contributed by atoms with E-state index in [0.717, 1.165) is 12.0 Å². The third-order valence-electron chi connectivity index (χ3n) is 3.18. The van der Waals surface area contributed by atoms with Crippen molar-refractivity contribution in [2.75, 3.05) is 13.1 Å². The molecule has 104 valence electrons. The molecule has 7 nitrogen and oxygen atoms in total. The minimum atomic E-state index is -0.935. The fourth-order valence-electron chi connectivity index (χ4n) is 2.23. The molecule has 0 spiro atoms. The number of carboxylic acids is 1. The fraction of sp³-hybridized carbons (Fsp3) is 0.583. The Balaban J connectivity index is 1.79. The summed E-state index contributed by atoms with van der Waals surface area (Å²) < 4.78 is 1.74. The van der Waals surface area contributed by atoms with Crippen molar-refractivity contribution >= 4 is 12.0 Å². The quantitative estimate of drug-likeness (QED) is 0.828. The topological polar surface area (TPSA) is 87.5 Å². The van der Waals surface area contributed by atoms with Crippen molar-refractivity contribution in [2.45, 2.75) is 32.4 Å². The van der Waals surface area contributed by atoms with Gasteiger partial charge in [0.05, 0.1) is 12.7 Å². The highest BCUT2D eigenvalue weighted by Gasteiger charge is 2.33. The third kappa shape index (κ3) is 3.24. The van der Waals surface area contributed by atoms with Crippen LogP contribution in [0.2, 0.25) is 0 Å². The molecule has 1 saturated heterocycles. The Kier molecular flexibility index (Phi) is 4.03. The number of nitrogens with one attached hydrogen (secondary N) is 1. The molecule has 1 aliphatic rings. The van der Waals surface area contributed by atoms with Crippen molar-refractivity contribution in [1.82, 2.24) is 20.0 Å². The van der Waals surface area contributed by atoms with Crippen molar-refractivity contribution in [2.24, 2.45) is 0 Å². The molecular formula is C12H18N4O3. The Morgan fingerprint density at radius 3 is 3.00 bits per heavy atom. The molecule has 1 unspecified atom stereocenters. The van der Waals surface area contributed by atoms with Gasteiger partial charge in [-0.25, -0.2) is 9.59 Å². The number of hydrogen-bond acceptors (Lipinski definition) is 3. The van der Waals surface area contributed by atoms with Gasteiger partial charge in [0, 0.05) is 19.3 Å². The Hall–Kier alpha value is -2.05. The maximum absolute atomic E-state index is 11.9. The molecule has 2 heterocycles. The van der Waals surface area contributed by atoms with E-state index in [9.17, 15) is 9.59 Å². The van der Waals surface area contributed by atoms with Gasteiger partial charge in [0.2, 0.25) is 0 Å². The summed E-state index contributed by atoms with van der Waals surface area (Å²) in [5.74, 6) is -0.935. The summed E-state index contributed by atoms with van der Waals surface area (Å²) in [5, 5.41) is 15.8. The number of aliphatic carboxylic acids is 1. The Morgan fingerprint density at radius 2 is 2.37 bits per heavy atom. The van der Waals surface area contributed by atoms with E-state index in [-0.39, 0.29) is 6.03 Å². The van der Waals surface area contributed by atoms with Crippen LogP contribution in [0.4, 0.5) is 4.79 Å². The minimum absolute atomic E-state index is 0.311. The molecule has 1 aromatic heterocycles. The summed E-state index contributed by atoms with van der Waals surface area (Å²) >= 11 is 0. The first-order valence-electron chi connectivity index (χ1n) is 6.34. The molecule has 2 rings (SSSR count). The molecule has 19 heavy (non-hydrogen) atoms. The van der Waals surface area contributed by atoms with Gasteiger partial charge in [-0.2, -0.15) is 5.10 Å². The van der Waals surface area contributed by atoms with Gasteiger partial charge in [-0.1, -0.05) is 0 Å². The summed E-state index contributed by atoms with van der Waals surface area (Å²) in [6, 6.07) is -0.999. The molecule has 7 heteroatoms. The standard InChI is InChI=1S/C12H18N4O3/c1-9-7-14-15(8-9)6-4-13-12(19)16-5-2-3-10(16)11(17)18/h7-8,10H,2-6H2,1H3,(H,13,19)(H,17,18). The van der Waals surface area contributed by atoms with Crippen LogP contribution < -0.4 is 5.32 Å². The van der Waals surface area contributed by atoms with Crippen molar-refractivity contribution in [3.8, 4) is 0 Å². The van der Waals surface area contributed by atoms with E-state index in [4.69, 9.17) is 5.11 Å². The zero-order valence-corrected chi connectivity index (χ0v) is 10.9. The molecule has 1 aliphatic heterocycles. The normalized spacial score (nSPS) is 18.6. The SMILES string of the molecule is Cc1cnn(CCNC(=O)N2CCCC2C(=O)O)c1. The zero-order chi connectivity index (χ0) is 13.8. The number of carbonyl (C=O) groups is 2. The molecule has 1 fully saturated rings. The van der Waals surface area contributed by atoms with Crippen LogP contribution in [0, 0.1) is 6.92 Å². The molecular weight excluding hydrogens is 248 g/mol. The molecule has 0 radical (unpaired) electrons. The zero-order valence-electron chi connectivity index (χ0n) is 10.9. The molecule has 2 amide bonds. The van der Waals surface area contributed by atoms with E-state index in [1.807, 2.05) is 13.1 Å². The van der Waals surface area contributed by atoms with Gasteiger partial charge in [-0.3, -0.25) is 4.68 Å². The number of aryl methyl sites for hydroxylation is 1. The van der Waals surface area contributed by atoms with Crippen LogP contribution in [0.5, 0.6) is 0 Å². The van der Waals surface area contributed by atoms with Gasteiger partial charge >= 0.3 is 12.0 Å². The number of amides is 2. The van der Waals surface area contributed by atoms with Crippen LogP contribution in [0.15, 0.2) is 12.4 Å². The van der Waals surface area contributed by atoms with E-state index in [1.54, 1.807) is 10.9 Å². The predicted octanol–water partition coefficient (Wildman–Crippen LogP) is 0.450. The number of nitrogens with zero attached hydrogens (tertiary/aromatic N) is 3. The van der Waals surface area contributed by atoms with Gasteiger partial charge in [-0.15, -0.1) is 0 Å². The molecule has 1 aromatic rings. The smallest absolute Gasteiger partial charge is 0.326 e. The lowest BCUT2D eigenvalue weighted by Crippen LogP contribution is -2.46. The van der Waals surface area contributed by atoms with Crippen LogP contribution in [0.3, 0.4) is 0 Å². The predicted molar refractivity (Wildman–Crippen MR) is 67.7 cm³/mol. The first kappa shape index (κ1) is 13.4. The van der Waals surface area contributed by atoms with Crippen LogP contribution in [-0.2, 0) is 11.3 Å². The van der Waals surface area contributed by atoms with Crippen LogP contribution in [0.1, 0.15) is 18.4 Å². The van der Waals surface area contributed by atoms with Crippen LogP contribution in [0.25, 0.3) is 0 Å². The van der Waals surface area contributed by atoms with Gasteiger partial charge in [0.25, 0.3) is 0 Å². The molecule has 2 N–H and O–H groups in total. The molecule has 0 saturated carbocycles. The molecule has 0 aromatic carbocycles. The number of aromatic nitrogens is 2. The lowest BCUT2D eigenvalue weighted by molar-refractivity contribution is -0.141. The second kappa shape index (κ2) is 5.73. The first-order chi connectivity index (χ1) is 9.08. The van der Waals surface area contributed by atoms with Gasteiger partial charge < -0.3 is 15.3 Å². The Bertz CT molecular complexity index is 471. The number of likely N-dealkylation sites (tertiary alicyclic amines) is 1. The highest BCUT2D eigenvalue weighted by atomic mass is 16.4. The monoisotopic (exact) mass is 266 g/mol. The third-order valence-corrected chi connectivity index (χ3v) is 3.18. The summed E-state index contributed by atoms with van der Waals surface area (Å²) in [6.07, 6.45) is 4.91. The largest absolute Gasteiger partial charge is 0.480 e. The van der Waals surface area contributed by atoms with Crippen molar-refractivity contribution in [3.63, 3.8) is 0 Å². The maximum Gasteiger partial charge on any atom is 0.326 e. The summed E-state index contributed by atoms with van der Waals surface area (Å²) in [7, 11) is 0. The highest BCUT2D eigenvalue weighted by Crippen LogP contribution is 2.17. The van der Waals surface area contributed by atoms with E-state index < -0.39 is 12.0 Å². The minimum Gasteiger partial charge on any atom is -0.480 e. The van der Waals surface area contributed by atoms with Crippen LogP contribution >= 0.6 is 0 Å². The number of carboxylic acid groups (broad SMARTS) is 1. The highest BCUT2D eigenvalue weighted by molar-refractivity contribution is 5.83. The summed E-state index contributed by atoms with van der Waals surface area (Å²) in [6.45, 7) is 3.46. The number of rotatable bonds is 4. The lowest BCUT2D eigenvalue weighted by atomic mass is 10.2. The lowest BCUT2D eigenvalue weighted by Gasteiger charge is -2.21. The van der Waals surface area contributed by atoms with Crippen molar-refractivity contribution in [3.05, 3.63) is 18.0 Å². The second-order valence-corrected chi connectivity index (χ2v) is 4.70. The van der Waals surface area contributed by atoms with Gasteiger partial charge in [0.15, 0.2) is 0 Å². The van der Waals surface area contributed by atoms with Crippen LogP contribution in [-0.4, -0.2) is 50.9 Å². The van der Waals surface area contributed by atoms with Gasteiger partial charge in [0.1, 0.15) is 6.04 Å². The molecule has 1 atom stereocenters. The Morgan fingerprint density at radius 1 is 1.58 bits per heavy atom. The van der Waals surface area contributed by atoms with Crippen molar-refractivity contribution in [1.29, 1.82) is 0 Å². The average Bonchev–Trinajstić information content (AvgIpc) is 2.97. The summed E-state index contributed by atoms with van der Waals surface area (Å²) in [4.78, 5) is 24.2. The number of urea groups is 1. The van der Waals surface area contributed by atoms with E-state index >= 15 is 0 Å². The number of carbonyl (C=O) groups excluding carboxylic acids is 1. The first-order valence-corrected chi connectivity index (χ1v) is 6.34. The average molecular weight is 266 g/mol. The second-order valence-electron chi connectivity index (χ2n) is 4.70. The summed E-state index contributed by atoms with van der Waals surface area (Å²) in [5.41, 5.74) is 1.07. The Labute approximate surface area is 111 Å². The number of hydrogen-bond donors (Lipinski definition) is 2.